The summed E-state index contributed by atoms with van der Waals surface area (Å²) in [7, 11) is 0. The lowest BCUT2D eigenvalue weighted by Gasteiger charge is -2.36. The van der Waals surface area contributed by atoms with Gasteiger partial charge in [-0.3, -0.25) is 42.5 Å². The van der Waals surface area contributed by atoms with Gasteiger partial charge in [0, 0.05) is 12.0 Å². The number of hydrogen-bond donors (Lipinski definition) is 13. The largest absolute Gasteiger partial charge is 0.311 e. The maximum Gasteiger partial charge on any atom is 0.0786 e. The van der Waals surface area contributed by atoms with E-state index >= 15 is 0 Å². The van der Waals surface area contributed by atoms with Crippen molar-refractivity contribution in [3.8, 4) is 0 Å². The van der Waals surface area contributed by atoms with Crippen LogP contribution in [0.5, 0.6) is 0 Å². The molecule has 0 amide bonds. The lowest BCUT2D eigenvalue weighted by molar-refractivity contribution is 0.163. The van der Waals surface area contributed by atoms with Crippen molar-refractivity contribution >= 4 is 0 Å². The van der Waals surface area contributed by atoms with Gasteiger partial charge in [0.25, 0.3) is 0 Å². The molecule has 7 aliphatic heterocycles. The van der Waals surface area contributed by atoms with Crippen LogP contribution in [0.15, 0.2) is 0 Å². The summed E-state index contributed by atoms with van der Waals surface area (Å²) >= 11 is 0. The highest BCUT2D eigenvalue weighted by Gasteiger charge is 2.54. The highest BCUT2D eigenvalue weighted by atomic mass is 15.8. The molecule has 16 atom stereocenters. The second-order valence-electron chi connectivity index (χ2n) is 14.3. The Morgan fingerprint density at radius 2 is 0.675 bits per heavy atom. The van der Waals surface area contributed by atoms with E-state index in [0.717, 1.165) is 6.54 Å². The van der Waals surface area contributed by atoms with Crippen LogP contribution in [0.4, 0.5) is 0 Å². The minimum Gasteiger partial charge on any atom is -0.311 e. The molecule has 0 aromatic rings. The van der Waals surface area contributed by atoms with Crippen molar-refractivity contribution in [3.05, 3.63) is 0 Å². The Hall–Kier alpha value is -0.520. The average Bonchev–Trinajstić information content (AvgIpc) is 3.73. The number of hydrogen-bond acceptors (Lipinski definition) is 13. The van der Waals surface area contributed by atoms with Gasteiger partial charge in [-0.15, -0.1) is 0 Å². The first-order valence-corrected chi connectivity index (χ1v) is 16.6. The molecule has 13 N–H and O–H groups in total. The minimum atomic E-state index is 0.104. The Morgan fingerprint density at radius 1 is 0.325 bits per heavy atom. The van der Waals surface area contributed by atoms with Crippen LogP contribution in [0.3, 0.4) is 0 Å². The molecule has 0 aromatic carbocycles. The van der Waals surface area contributed by atoms with Crippen LogP contribution >= 0.6 is 0 Å². The third-order valence-corrected chi connectivity index (χ3v) is 12.3. The molecule has 0 radical (unpaired) electrons. The molecule has 7 saturated heterocycles. The van der Waals surface area contributed by atoms with Gasteiger partial charge in [0.2, 0.25) is 0 Å². The zero-order valence-electron chi connectivity index (χ0n) is 23.5. The van der Waals surface area contributed by atoms with Crippen molar-refractivity contribution in [1.29, 1.82) is 0 Å². The SMILES string of the molecule is C1CCC2C3NC(NC4NC(NC5NC(NC6NC(N3)C3CCCNC63)C3NNNNC53)C3CCCCC43)C2C1. The van der Waals surface area contributed by atoms with E-state index < -0.39 is 0 Å². The predicted octanol–water partition coefficient (Wildman–Crippen LogP) is -2.78. The number of nitrogens with one attached hydrogen (secondary N) is 13. The first-order chi connectivity index (χ1) is 19.8. The van der Waals surface area contributed by atoms with Crippen LogP contribution in [0.1, 0.15) is 64.2 Å². The highest BCUT2D eigenvalue weighted by molar-refractivity contribution is 5.11. The molecule has 224 valence electrons. The molecule has 2 saturated carbocycles. The molecule has 9 fully saturated rings. The lowest BCUT2D eigenvalue weighted by Crippen LogP contribution is -2.73. The summed E-state index contributed by atoms with van der Waals surface area (Å²) in [4.78, 5) is 0. The fraction of sp³-hybridized carbons (Fsp3) is 1.00. The number of fused-ring (bicyclic) bond motifs is 20. The Morgan fingerprint density at radius 3 is 1.15 bits per heavy atom. The molecule has 9 aliphatic rings. The van der Waals surface area contributed by atoms with Gasteiger partial charge in [-0.05, 0) is 68.7 Å². The first kappa shape index (κ1) is 25.9. The van der Waals surface area contributed by atoms with Crippen LogP contribution < -0.4 is 69.8 Å². The van der Waals surface area contributed by atoms with Crippen molar-refractivity contribution in [2.24, 2.45) is 29.6 Å². The summed E-state index contributed by atoms with van der Waals surface area (Å²) in [6.45, 7) is 1.10. The zero-order valence-corrected chi connectivity index (χ0v) is 23.5. The summed E-state index contributed by atoms with van der Waals surface area (Å²) in [5.74, 6) is 3.29. The van der Waals surface area contributed by atoms with E-state index in [1.807, 2.05) is 0 Å². The number of piperidine rings is 1. The predicted molar refractivity (Wildman–Crippen MR) is 151 cm³/mol. The Bertz CT molecular complexity index is 717. The molecule has 7 heterocycles. The van der Waals surface area contributed by atoms with Crippen LogP contribution in [-0.2, 0) is 0 Å². The Labute approximate surface area is 237 Å². The third-order valence-electron chi connectivity index (χ3n) is 12.3. The molecule has 2 aliphatic carbocycles. The summed E-state index contributed by atoms with van der Waals surface area (Å²) in [5.41, 5.74) is 13.3. The molecule has 0 aromatic heterocycles. The van der Waals surface area contributed by atoms with Crippen molar-refractivity contribution in [2.45, 2.75) is 132 Å². The van der Waals surface area contributed by atoms with E-state index in [2.05, 4.69) is 69.8 Å². The zero-order chi connectivity index (χ0) is 26.2. The van der Waals surface area contributed by atoms with Crippen LogP contribution in [0.2, 0.25) is 0 Å². The summed E-state index contributed by atoms with van der Waals surface area (Å²) in [5, 5.41) is 36.6. The maximum absolute atomic E-state index is 4.20. The second kappa shape index (κ2) is 10.6. The molecule has 8 bridgehead atoms. The summed E-state index contributed by atoms with van der Waals surface area (Å²) in [6.07, 6.45) is 15.3. The molecule has 0 spiro atoms. The number of rotatable bonds is 0. The van der Waals surface area contributed by atoms with E-state index in [0.29, 0.717) is 66.5 Å². The summed E-state index contributed by atoms with van der Waals surface area (Å²) < 4.78 is 0. The van der Waals surface area contributed by atoms with E-state index in [9.17, 15) is 0 Å². The maximum atomic E-state index is 4.20. The van der Waals surface area contributed by atoms with Crippen molar-refractivity contribution in [2.75, 3.05) is 6.54 Å². The first-order valence-electron chi connectivity index (χ1n) is 16.6. The van der Waals surface area contributed by atoms with Crippen LogP contribution in [-0.4, -0.2) is 74.0 Å². The number of hydrazine groups is 3. The van der Waals surface area contributed by atoms with Crippen molar-refractivity contribution in [3.63, 3.8) is 0 Å². The van der Waals surface area contributed by atoms with Gasteiger partial charge in [-0.1, -0.05) is 25.7 Å². The monoisotopic (exact) mass is 557 g/mol. The van der Waals surface area contributed by atoms with Crippen molar-refractivity contribution < 1.29 is 0 Å². The smallest absolute Gasteiger partial charge is 0.0786 e. The molecular weight excluding hydrogens is 506 g/mol. The van der Waals surface area contributed by atoms with Crippen LogP contribution in [0.25, 0.3) is 0 Å². The lowest BCUT2D eigenvalue weighted by atomic mass is 9.77. The van der Waals surface area contributed by atoms with E-state index in [4.69, 9.17) is 0 Å². The fourth-order valence-electron chi connectivity index (χ4n) is 10.5. The molecule has 16 unspecified atom stereocenters. The topological polar surface area (TPSA) is 156 Å². The molecule has 13 nitrogen and oxygen atoms in total. The fourth-order valence-corrected chi connectivity index (χ4v) is 10.5. The molecule has 13 heteroatoms. The molecule has 9 rings (SSSR count). The van der Waals surface area contributed by atoms with Gasteiger partial charge in [0.1, 0.15) is 0 Å². The van der Waals surface area contributed by atoms with Gasteiger partial charge >= 0.3 is 0 Å². The quantitative estimate of drug-likeness (QED) is 0.149. The average molecular weight is 558 g/mol. The van der Waals surface area contributed by atoms with E-state index in [1.54, 1.807) is 0 Å². The van der Waals surface area contributed by atoms with Gasteiger partial charge in [-0.2, -0.15) is 11.1 Å². The third kappa shape index (κ3) is 4.32. The van der Waals surface area contributed by atoms with E-state index in [-0.39, 0.29) is 30.6 Å². The van der Waals surface area contributed by atoms with E-state index in [1.165, 1.54) is 64.2 Å². The van der Waals surface area contributed by atoms with Gasteiger partial charge < -0.3 is 5.32 Å². The van der Waals surface area contributed by atoms with Gasteiger partial charge in [0.05, 0.1) is 61.4 Å². The molecule has 40 heavy (non-hydrogen) atoms. The van der Waals surface area contributed by atoms with Crippen LogP contribution in [0, 0.1) is 29.6 Å². The Balaban J connectivity index is 1.05. The summed E-state index contributed by atoms with van der Waals surface area (Å²) in [6, 6.07) is 0.787. The molecular formula is C27H51N13. The minimum absolute atomic E-state index is 0.104. The Kier molecular flexibility index (Phi) is 6.86. The van der Waals surface area contributed by atoms with Gasteiger partial charge in [0.15, 0.2) is 0 Å². The standard InChI is InChI=1S/C27H51N13/c1-2-7-13-12(6-1)20-29-21-14-8-3-4-9-15(14)23(31-21)33-26-18-19(38-40-39-37-18)27(36-26)35-25-17-16(10-5-11-28-17)24(34-25)32-22(13)30-20/h12-40H,1-11H2. The normalized spacial score (nSPS) is 57.6. The van der Waals surface area contributed by atoms with Crippen molar-refractivity contribution in [1.82, 2.24) is 69.8 Å². The second-order valence-corrected chi connectivity index (χ2v) is 14.3. The highest BCUT2D eigenvalue weighted by Crippen LogP contribution is 2.42. The van der Waals surface area contributed by atoms with Gasteiger partial charge in [-0.25, -0.2) is 10.9 Å².